The second-order valence-electron chi connectivity index (χ2n) is 4.98. The number of benzene rings is 1. The van der Waals surface area contributed by atoms with Crippen LogP contribution in [0.5, 0.6) is 0 Å². The van der Waals surface area contributed by atoms with Crippen LogP contribution < -0.4 is 10.6 Å². The number of hydrogen-bond donors (Lipinski definition) is 3. The summed E-state index contributed by atoms with van der Waals surface area (Å²) in [6.07, 6.45) is 2.85. The first-order chi connectivity index (χ1) is 9.11. The van der Waals surface area contributed by atoms with Gasteiger partial charge in [-0.15, -0.1) is 0 Å². The van der Waals surface area contributed by atoms with E-state index in [4.69, 9.17) is 0 Å². The maximum atomic E-state index is 11.8. The van der Waals surface area contributed by atoms with E-state index in [1.54, 1.807) is 7.05 Å². The third-order valence-electron chi connectivity index (χ3n) is 3.42. The summed E-state index contributed by atoms with van der Waals surface area (Å²) in [5.41, 5.74) is 2.38. The van der Waals surface area contributed by atoms with Crippen LogP contribution in [0.1, 0.15) is 19.4 Å². The van der Waals surface area contributed by atoms with Crippen molar-refractivity contribution >= 4 is 16.8 Å². The molecule has 1 aromatic carbocycles. The second kappa shape index (κ2) is 5.89. The van der Waals surface area contributed by atoms with Crippen molar-refractivity contribution in [2.45, 2.75) is 32.4 Å². The lowest BCUT2D eigenvalue weighted by atomic mass is 10.1. The molecule has 0 radical (unpaired) electrons. The molecule has 0 saturated carbocycles. The first-order valence-corrected chi connectivity index (χ1v) is 6.64. The largest absolute Gasteiger partial charge is 0.361 e. The maximum Gasteiger partial charge on any atom is 0.237 e. The van der Waals surface area contributed by atoms with Crippen molar-refractivity contribution in [3.63, 3.8) is 0 Å². The minimum atomic E-state index is -0.162. The van der Waals surface area contributed by atoms with Crippen LogP contribution in [0.2, 0.25) is 0 Å². The average Bonchev–Trinajstić information content (AvgIpc) is 2.81. The van der Waals surface area contributed by atoms with Crippen LogP contribution >= 0.6 is 0 Å². The van der Waals surface area contributed by atoms with E-state index >= 15 is 0 Å². The Balaban J connectivity index is 2.03. The molecule has 1 aromatic heterocycles. The zero-order valence-corrected chi connectivity index (χ0v) is 11.7. The fraction of sp³-hybridized carbons (Fsp3) is 0.400. The Kier molecular flexibility index (Phi) is 4.22. The first kappa shape index (κ1) is 13.6. The van der Waals surface area contributed by atoms with Gasteiger partial charge in [0.2, 0.25) is 5.91 Å². The average molecular weight is 259 g/mol. The number of aromatic amines is 1. The fourth-order valence-corrected chi connectivity index (χ4v) is 2.18. The monoisotopic (exact) mass is 259 g/mol. The predicted molar refractivity (Wildman–Crippen MR) is 78.1 cm³/mol. The number of likely N-dealkylation sites (N-methyl/N-ethyl adjacent to an activating group) is 1. The molecule has 0 spiro atoms. The lowest BCUT2D eigenvalue weighted by molar-refractivity contribution is -0.123. The molecule has 1 amide bonds. The van der Waals surface area contributed by atoms with E-state index in [2.05, 4.69) is 27.8 Å². The molecule has 0 fully saturated rings. The van der Waals surface area contributed by atoms with Gasteiger partial charge in [-0.05, 0) is 38.9 Å². The van der Waals surface area contributed by atoms with E-state index in [1.165, 1.54) is 10.9 Å². The van der Waals surface area contributed by atoms with Crippen LogP contribution in [0.25, 0.3) is 10.9 Å². The lowest BCUT2D eigenvalue weighted by Crippen LogP contribution is -2.44. The Labute approximate surface area is 113 Å². The minimum absolute atomic E-state index is 0.0369. The summed E-state index contributed by atoms with van der Waals surface area (Å²) in [6.45, 7) is 3.88. The summed E-state index contributed by atoms with van der Waals surface area (Å²) in [5, 5.41) is 7.19. The molecule has 0 bridgehead atoms. The van der Waals surface area contributed by atoms with E-state index < -0.39 is 0 Å². The maximum absolute atomic E-state index is 11.8. The van der Waals surface area contributed by atoms with Gasteiger partial charge in [-0.25, -0.2) is 0 Å². The van der Waals surface area contributed by atoms with Crippen LogP contribution in [0.4, 0.5) is 0 Å². The quantitative estimate of drug-likeness (QED) is 0.767. The van der Waals surface area contributed by atoms with Gasteiger partial charge >= 0.3 is 0 Å². The Hall–Kier alpha value is -1.81. The molecule has 2 rings (SSSR count). The van der Waals surface area contributed by atoms with Gasteiger partial charge in [0, 0.05) is 23.1 Å². The summed E-state index contributed by atoms with van der Waals surface area (Å²) in [7, 11) is 1.79. The number of amides is 1. The van der Waals surface area contributed by atoms with Crippen molar-refractivity contribution in [1.29, 1.82) is 0 Å². The van der Waals surface area contributed by atoms with Gasteiger partial charge < -0.3 is 15.6 Å². The molecule has 3 N–H and O–H groups in total. The highest BCUT2D eigenvalue weighted by atomic mass is 16.2. The number of para-hydroxylation sites is 1. The molecule has 0 aliphatic heterocycles. The molecule has 1 heterocycles. The number of hydrogen-bond acceptors (Lipinski definition) is 2. The van der Waals surface area contributed by atoms with Gasteiger partial charge in [-0.1, -0.05) is 18.2 Å². The number of nitrogens with one attached hydrogen (secondary N) is 3. The van der Waals surface area contributed by atoms with Gasteiger partial charge in [0.1, 0.15) is 0 Å². The van der Waals surface area contributed by atoms with Crippen LogP contribution in [-0.4, -0.2) is 30.0 Å². The number of carbonyl (C=O) groups is 1. The highest BCUT2D eigenvalue weighted by molar-refractivity contribution is 5.84. The van der Waals surface area contributed by atoms with Crippen LogP contribution in [0.15, 0.2) is 30.5 Å². The molecule has 2 atom stereocenters. The van der Waals surface area contributed by atoms with E-state index in [9.17, 15) is 4.79 Å². The molecule has 2 unspecified atom stereocenters. The molecule has 0 aliphatic carbocycles. The van der Waals surface area contributed by atoms with Crippen molar-refractivity contribution in [1.82, 2.24) is 15.6 Å². The second-order valence-corrected chi connectivity index (χ2v) is 4.98. The molecular weight excluding hydrogens is 238 g/mol. The first-order valence-electron chi connectivity index (χ1n) is 6.64. The Morgan fingerprint density at radius 1 is 1.32 bits per heavy atom. The van der Waals surface area contributed by atoms with Crippen LogP contribution in [0.3, 0.4) is 0 Å². The Morgan fingerprint density at radius 2 is 2.05 bits per heavy atom. The summed E-state index contributed by atoms with van der Waals surface area (Å²) >= 11 is 0. The number of rotatable bonds is 5. The fourth-order valence-electron chi connectivity index (χ4n) is 2.18. The van der Waals surface area contributed by atoms with E-state index in [1.807, 2.05) is 32.2 Å². The molecule has 102 valence electrons. The summed E-state index contributed by atoms with van der Waals surface area (Å²) < 4.78 is 0. The van der Waals surface area contributed by atoms with Gasteiger partial charge in [-0.2, -0.15) is 0 Å². The lowest BCUT2D eigenvalue weighted by Gasteiger charge is -2.17. The van der Waals surface area contributed by atoms with E-state index in [-0.39, 0.29) is 18.0 Å². The number of carbonyl (C=O) groups excluding carboxylic acids is 1. The summed E-state index contributed by atoms with van der Waals surface area (Å²) in [4.78, 5) is 15.1. The standard InChI is InChI=1S/C15H21N3O/c1-10(18-15(19)11(2)16-3)8-12-9-17-14-7-5-4-6-13(12)14/h4-7,9-11,16-17H,8H2,1-3H3,(H,18,19). The van der Waals surface area contributed by atoms with Crippen LogP contribution in [0, 0.1) is 0 Å². The SMILES string of the molecule is CNC(C)C(=O)NC(C)Cc1c[nH]c2ccccc12. The van der Waals surface area contributed by atoms with Gasteiger partial charge in [0.05, 0.1) is 6.04 Å². The smallest absolute Gasteiger partial charge is 0.237 e. The number of H-pyrrole nitrogens is 1. The molecule has 0 saturated heterocycles. The Morgan fingerprint density at radius 3 is 2.79 bits per heavy atom. The third kappa shape index (κ3) is 3.15. The number of fused-ring (bicyclic) bond motifs is 1. The van der Waals surface area contributed by atoms with Gasteiger partial charge in [0.15, 0.2) is 0 Å². The van der Waals surface area contributed by atoms with Crippen molar-refractivity contribution < 1.29 is 4.79 Å². The molecular formula is C15H21N3O. The van der Waals surface area contributed by atoms with Crippen molar-refractivity contribution in [2.75, 3.05) is 7.05 Å². The normalized spacial score (nSPS) is 14.3. The topological polar surface area (TPSA) is 56.9 Å². The predicted octanol–water partition coefficient (Wildman–Crippen LogP) is 1.82. The molecule has 2 aromatic rings. The van der Waals surface area contributed by atoms with Gasteiger partial charge in [0.25, 0.3) is 0 Å². The molecule has 0 aliphatic rings. The molecule has 4 heteroatoms. The Bertz CT molecular complexity index is 561. The summed E-state index contributed by atoms with van der Waals surface area (Å²) in [5.74, 6) is 0.0369. The zero-order chi connectivity index (χ0) is 13.8. The third-order valence-corrected chi connectivity index (χ3v) is 3.42. The minimum Gasteiger partial charge on any atom is -0.361 e. The van der Waals surface area contributed by atoms with Crippen molar-refractivity contribution in [2.24, 2.45) is 0 Å². The number of aromatic nitrogens is 1. The van der Waals surface area contributed by atoms with Crippen molar-refractivity contribution in [3.05, 3.63) is 36.0 Å². The van der Waals surface area contributed by atoms with E-state index in [0.29, 0.717) is 0 Å². The summed E-state index contributed by atoms with van der Waals surface area (Å²) in [6, 6.07) is 8.17. The van der Waals surface area contributed by atoms with Gasteiger partial charge in [-0.3, -0.25) is 4.79 Å². The molecule has 4 nitrogen and oxygen atoms in total. The highest BCUT2D eigenvalue weighted by Gasteiger charge is 2.14. The van der Waals surface area contributed by atoms with Crippen LogP contribution in [-0.2, 0) is 11.2 Å². The van der Waals surface area contributed by atoms with E-state index in [0.717, 1.165) is 11.9 Å². The zero-order valence-electron chi connectivity index (χ0n) is 11.7. The molecule has 19 heavy (non-hydrogen) atoms. The van der Waals surface area contributed by atoms with Crippen molar-refractivity contribution in [3.8, 4) is 0 Å². The highest BCUT2D eigenvalue weighted by Crippen LogP contribution is 2.18.